The van der Waals surface area contributed by atoms with Gasteiger partial charge < -0.3 is 4.74 Å². The van der Waals surface area contributed by atoms with Gasteiger partial charge in [0, 0.05) is 4.88 Å². The van der Waals surface area contributed by atoms with Crippen LogP contribution in [0.25, 0.3) is 0 Å². The van der Waals surface area contributed by atoms with Crippen LogP contribution in [0.4, 0.5) is 23.0 Å². The number of halogens is 3. The van der Waals surface area contributed by atoms with Gasteiger partial charge in [0.1, 0.15) is 11.1 Å². The van der Waals surface area contributed by atoms with Crippen LogP contribution in [0.5, 0.6) is 0 Å². The first-order valence-corrected chi connectivity index (χ1v) is 7.17. The standard InChI is InChI=1S/C13H13F3N2O2S/c1-7-2-3-8-9(5-17)11(21-10(8)4-7)18-12(19)20-6-13(14,15)16/h7H,2-4,6H2,1H3,(H,18,19). The lowest BCUT2D eigenvalue weighted by atomic mass is 9.89. The van der Waals surface area contributed by atoms with Gasteiger partial charge in [-0.2, -0.15) is 18.4 Å². The van der Waals surface area contributed by atoms with E-state index in [0.717, 1.165) is 29.7 Å². The summed E-state index contributed by atoms with van der Waals surface area (Å²) in [6, 6.07) is 2.01. The maximum absolute atomic E-state index is 12.0. The molecule has 0 aromatic carbocycles. The highest BCUT2D eigenvalue weighted by Crippen LogP contribution is 2.39. The van der Waals surface area contributed by atoms with E-state index in [-0.39, 0.29) is 5.00 Å². The van der Waals surface area contributed by atoms with Crippen LogP contribution in [-0.2, 0) is 17.6 Å². The third-order valence-corrected chi connectivity index (χ3v) is 4.38. The van der Waals surface area contributed by atoms with Gasteiger partial charge in [-0.15, -0.1) is 11.3 Å². The SMILES string of the molecule is CC1CCc2c(sc(NC(=O)OCC(F)(F)F)c2C#N)C1. The number of alkyl halides is 3. The van der Waals surface area contributed by atoms with Gasteiger partial charge in [0.2, 0.25) is 0 Å². The molecule has 0 saturated heterocycles. The molecule has 21 heavy (non-hydrogen) atoms. The predicted octanol–water partition coefficient (Wildman–Crippen LogP) is 3.86. The van der Waals surface area contributed by atoms with Crippen molar-refractivity contribution in [2.75, 3.05) is 11.9 Å². The van der Waals surface area contributed by atoms with E-state index in [9.17, 15) is 23.2 Å². The van der Waals surface area contributed by atoms with E-state index in [1.54, 1.807) is 0 Å². The minimum Gasteiger partial charge on any atom is -0.440 e. The van der Waals surface area contributed by atoms with Crippen LogP contribution in [0, 0.1) is 17.2 Å². The highest BCUT2D eigenvalue weighted by Gasteiger charge is 2.30. The molecule has 1 amide bonds. The lowest BCUT2D eigenvalue weighted by Crippen LogP contribution is -2.23. The molecule has 1 aromatic rings. The van der Waals surface area contributed by atoms with Gasteiger partial charge in [-0.3, -0.25) is 5.32 Å². The van der Waals surface area contributed by atoms with Crippen molar-refractivity contribution in [2.24, 2.45) is 5.92 Å². The first kappa shape index (κ1) is 15.6. The average Bonchev–Trinajstić information content (AvgIpc) is 2.71. The molecule has 0 bridgehead atoms. The van der Waals surface area contributed by atoms with E-state index in [2.05, 4.69) is 17.0 Å². The summed E-state index contributed by atoms with van der Waals surface area (Å²) in [7, 11) is 0. The Morgan fingerprint density at radius 1 is 1.57 bits per heavy atom. The van der Waals surface area contributed by atoms with Gasteiger partial charge in [-0.1, -0.05) is 6.92 Å². The fourth-order valence-corrected chi connectivity index (χ4v) is 3.58. The number of thiophene rings is 1. The zero-order valence-electron chi connectivity index (χ0n) is 11.2. The van der Waals surface area contributed by atoms with Crippen LogP contribution < -0.4 is 5.32 Å². The van der Waals surface area contributed by atoms with Gasteiger partial charge >= 0.3 is 12.3 Å². The summed E-state index contributed by atoms with van der Waals surface area (Å²) in [5.41, 5.74) is 1.23. The molecule has 0 radical (unpaired) electrons. The molecule has 1 aliphatic carbocycles. The van der Waals surface area contributed by atoms with Crippen LogP contribution in [0.1, 0.15) is 29.3 Å². The maximum Gasteiger partial charge on any atom is 0.422 e. The highest BCUT2D eigenvalue weighted by atomic mass is 32.1. The van der Waals surface area contributed by atoms with E-state index >= 15 is 0 Å². The second kappa shape index (κ2) is 5.93. The Hall–Kier alpha value is -1.75. The van der Waals surface area contributed by atoms with Gasteiger partial charge in [-0.25, -0.2) is 4.79 Å². The topological polar surface area (TPSA) is 62.1 Å². The molecule has 4 nitrogen and oxygen atoms in total. The molecule has 0 aliphatic heterocycles. The number of hydrogen-bond donors (Lipinski definition) is 1. The van der Waals surface area contributed by atoms with Crippen molar-refractivity contribution in [2.45, 2.75) is 32.4 Å². The normalized spacial score (nSPS) is 17.8. The van der Waals surface area contributed by atoms with Crippen molar-refractivity contribution in [3.05, 3.63) is 16.0 Å². The summed E-state index contributed by atoms with van der Waals surface area (Å²) < 4.78 is 40.0. The predicted molar refractivity (Wildman–Crippen MR) is 71.2 cm³/mol. The van der Waals surface area contributed by atoms with Crippen LogP contribution >= 0.6 is 11.3 Å². The summed E-state index contributed by atoms with van der Waals surface area (Å²) in [6.45, 7) is 0.447. The van der Waals surface area contributed by atoms with E-state index in [0.29, 0.717) is 11.5 Å². The molecule has 1 aliphatic rings. The molecular weight excluding hydrogens is 305 g/mol. The summed E-state index contributed by atoms with van der Waals surface area (Å²) in [5, 5.41) is 11.7. The molecule has 1 aromatic heterocycles. The number of ether oxygens (including phenoxy) is 1. The summed E-state index contributed by atoms with van der Waals surface area (Å²) >= 11 is 1.24. The molecule has 1 atom stereocenters. The van der Waals surface area contributed by atoms with E-state index in [1.165, 1.54) is 11.3 Å². The molecule has 1 heterocycles. The summed E-state index contributed by atoms with van der Waals surface area (Å²) in [6.07, 6.45) is -3.26. The molecule has 0 spiro atoms. The minimum absolute atomic E-state index is 0.267. The van der Waals surface area contributed by atoms with Crippen molar-refractivity contribution in [1.29, 1.82) is 5.26 Å². The van der Waals surface area contributed by atoms with E-state index in [4.69, 9.17) is 0 Å². The molecule has 0 fully saturated rings. The van der Waals surface area contributed by atoms with Crippen molar-refractivity contribution in [1.82, 2.24) is 0 Å². The monoisotopic (exact) mass is 318 g/mol. The Labute approximate surface area is 123 Å². The zero-order valence-corrected chi connectivity index (χ0v) is 12.0. The number of carbonyl (C=O) groups excluding carboxylic acids is 1. The highest BCUT2D eigenvalue weighted by molar-refractivity contribution is 7.16. The van der Waals surface area contributed by atoms with Crippen LogP contribution in [0.2, 0.25) is 0 Å². The number of hydrogen-bond acceptors (Lipinski definition) is 4. The molecule has 1 N–H and O–H groups in total. The van der Waals surface area contributed by atoms with E-state index in [1.807, 2.05) is 6.07 Å². The van der Waals surface area contributed by atoms with Crippen molar-refractivity contribution in [3.63, 3.8) is 0 Å². The van der Waals surface area contributed by atoms with Crippen LogP contribution in [0.3, 0.4) is 0 Å². The number of nitrogens with one attached hydrogen (secondary N) is 1. The van der Waals surface area contributed by atoms with Crippen molar-refractivity contribution >= 4 is 22.4 Å². The average molecular weight is 318 g/mol. The van der Waals surface area contributed by atoms with Crippen molar-refractivity contribution < 1.29 is 22.7 Å². The molecular formula is C13H13F3N2O2S. The largest absolute Gasteiger partial charge is 0.440 e. The number of amides is 1. The smallest absolute Gasteiger partial charge is 0.422 e. The lowest BCUT2D eigenvalue weighted by Gasteiger charge is -2.17. The number of rotatable bonds is 2. The Morgan fingerprint density at radius 3 is 2.90 bits per heavy atom. The number of fused-ring (bicyclic) bond motifs is 1. The van der Waals surface area contributed by atoms with Crippen LogP contribution in [0.15, 0.2) is 0 Å². The van der Waals surface area contributed by atoms with Gasteiger partial charge in [0.15, 0.2) is 6.61 Å². The first-order valence-electron chi connectivity index (χ1n) is 6.35. The molecule has 2 rings (SSSR count). The molecule has 1 unspecified atom stereocenters. The molecule has 114 valence electrons. The lowest BCUT2D eigenvalue weighted by molar-refractivity contribution is -0.159. The Morgan fingerprint density at radius 2 is 2.29 bits per heavy atom. The second-order valence-corrected chi connectivity index (χ2v) is 6.09. The van der Waals surface area contributed by atoms with Gasteiger partial charge in [-0.05, 0) is 30.7 Å². The Bertz CT molecular complexity index is 589. The number of nitriles is 1. The Balaban J connectivity index is 2.10. The summed E-state index contributed by atoms with van der Waals surface area (Å²) in [4.78, 5) is 12.4. The minimum atomic E-state index is -4.57. The van der Waals surface area contributed by atoms with Gasteiger partial charge in [0.25, 0.3) is 0 Å². The Kier molecular flexibility index (Phi) is 4.42. The molecule has 0 saturated carbocycles. The van der Waals surface area contributed by atoms with Gasteiger partial charge in [0.05, 0.1) is 5.56 Å². The number of nitrogens with zero attached hydrogens (tertiary/aromatic N) is 1. The zero-order chi connectivity index (χ0) is 15.6. The number of anilines is 1. The van der Waals surface area contributed by atoms with Crippen molar-refractivity contribution in [3.8, 4) is 6.07 Å². The fourth-order valence-electron chi connectivity index (χ4n) is 2.23. The maximum atomic E-state index is 12.0. The quantitative estimate of drug-likeness (QED) is 0.901. The summed E-state index contributed by atoms with van der Waals surface area (Å²) in [5.74, 6) is 0.493. The van der Waals surface area contributed by atoms with E-state index < -0.39 is 18.9 Å². The third kappa shape index (κ3) is 3.88. The first-order chi connectivity index (χ1) is 9.80. The van der Waals surface area contributed by atoms with Crippen LogP contribution in [-0.4, -0.2) is 18.9 Å². The molecule has 8 heteroatoms. The second-order valence-electron chi connectivity index (χ2n) is 4.98. The third-order valence-electron chi connectivity index (χ3n) is 3.21. The fraction of sp³-hybridized carbons (Fsp3) is 0.538. The number of carbonyl (C=O) groups is 1.